The summed E-state index contributed by atoms with van der Waals surface area (Å²) in [4.78, 5) is 22.0. The summed E-state index contributed by atoms with van der Waals surface area (Å²) in [5.41, 5.74) is -0.443. The number of hydrogen-bond donors (Lipinski definition) is 1. The predicted molar refractivity (Wildman–Crippen MR) is 87.6 cm³/mol. The molecule has 1 aromatic rings. The molecule has 0 bridgehead atoms. The Hall–Kier alpha value is -2.05. The van der Waals surface area contributed by atoms with E-state index in [9.17, 15) is 4.79 Å². The van der Waals surface area contributed by atoms with Gasteiger partial charge in [-0.15, -0.1) is 0 Å². The molecule has 0 unspecified atom stereocenters. The van der Waals surface area contributed by atoms with E-state index in [1.54, 1.807) is 18.1 Å². The Kier molecular flexibility index (Phi) is 5.63. The first-order valence-electron chi connectivity index (χ1n) is 7.95. The van der Waals surface area contributed by atoms with Crippen molar-refractivity contribution < 1.29 is 14.3 Å². The molecule has 1 fully saturated rings. The standard InChI is InChI=1S/C16H26N4O3/c1-16(2,3)23-15(21)20-7-5-12(6-8-20)10-17-13-9-14(22-4)19-11-18-13/h9,11-12H,5-8,10H2,1-4H3,(H,17,18,19). The minimum atomic E-state index is -0.443. The third kappa shape index (κ3) is 5.58. The topological polar surface area (TPSA) is 76.6 Å². The highest BCUT2D eigenvalue weighted by molar-refractivity contribution is 5.68. The zero-order chi connectivity index (χ0) is 16.9. The van der Waals surface area contributed by atoms with Gasteiger partial charge < -0.3 is 19.7 Å². The van der Waals surface area contributed by atoms with E-state index < -0.39 is 5.60 Å². The molecule has 7 nitrogen and oxygen atoms in total. The molecule has 0 spiro atoms. The number of piperidine rings is 1. The van der Waals surface area contributed by atoms with E-state index in [1.807, 2.05) is 20.8 Å². The average molecular weight is 322 g/mol. The van der Waals surface area contributed by atoms with Crippen LogP contribution in [0.15, 0.2) is 12.4 Å². The monoisotopic (exact) mass is 322 g/mol. The first-order valence-corrected chi connectivity index (χ1v) is 7.95. The number of amides is 1. The molecule has 0 saturated carbocycles. The summed E-state index contributed by atoms with van der Waals surface area (Å²) in [7, 11) is 1.58. The van der Waals surface area contributed by atoms with Crippen LogP contribution in [-0.2, 0) is 4.74 Å². The molecule has 1 aliphatic rings. The van der Waals surface area contributed by atoms with E-state index in [1.165, 1.54) is 6.33 Å². The second-order valence-electron chi connectivity index (χ2n) is 6.74. The molecular weight excluding hydrogens is 296 g/mol. The average Bonchev–Trinajstić information content (AvgIpc) is 2.52. The van der Waals surface area contributed by atoms with Crippen LogP contribution in [0.2, 0.25) is 0 Å². The highest BCUT2D eigenvalue weighted by atomic mass is 16.6. The number of hydrogen-bond acceptors (Lipinski definition) is 6. The lowest BCUT2D eigenvalue weighted by molar-refractivity contribution is 0.0188. The van der Waals surface area contributed by atoms with Crippen LogP contribution in [0.4, 0.5) is 10.6 Å². The highest BCUT2D eigenvalue weighted by Gasteiger charge is 2.26. The predicted octanol–water partition coefficient (Wildman–Crippen LogP) is 2.54. The van der Waals surface area contributed by atoms with Gasteiger partial charge in [0.25, 0.3) is 0 Å². The SMILES string of the molecule is COc1cc(NCC2CCN(C(=O)OC(C)(C)C)CC2)ncn1. The van der Waals surface area contributed by atoms with E-state index in [0.717, 1.165) is 38.3 Å². The molecule has 2 heterocycles. The number of nitrogens with zero attached hydrogens (tertiary/aromatic N) is 3. The zero-order valence-corrected chi connectivity index (χ0v) is 14.3. The maximum atomic E-state index is 12.0. The number of ether oxygens (including phenoxy) is 2. The van der Waals surface area contributed by atoms with Gasteiger partial charge in [0.2, 0.25) is 5.88 Å². The third-order valence-electron chi connectivity index (χ3n) is 3.69. The van der Waals surface area contributed by atoms with Crippen LogP contribution in [0.5, 0.6) is 5.88 Å². The molecular formula is C16H26N4O3. The molecule has 1 N–H and O–H groups in total. The fourth-order valence-electron chi connectivity index (χ4n) is 2.44. The third-order valence-corrected chi connectivity index (χ3v) is 3.69. The van der Waals surface area contributed by atoms with Crippen molar-refractivity contribution in [3.63, 3.8) is 0 Å². The number of nitrogens with one attached hydrogen (secondary N) is 1. The van der Waals surface area contributed by atoms with E-state index in [2.05, 4.69) is 15.3 Å². The molecule has 23 heavy (non-hydrogen) atoms. The van der Waals surface area contributed by atoms with E-state index in [-0.39, 0.29) is 6.09 Å². The molecule has 1 aromatic heterocycles. The summed E-state index contributed by atoms with van der Waals surface area (Å²) in [5, 5.41) is 3.31. The van der Waals surface area contributed by atoms with Gasteiger partial charge >= 0.3 is 6.09 Å². The lowest BCUT2D eigenvalue weighted by atomic mass is 9.97. The van der Waals surface area contributed by atoms with Crippen LogP contribution < -0.4 is 10.1 Å². The fraction of sp³-hybridized carbons (Fsp3) is 0.688. The number of rotatable bonds is 4. The summed E-state index contributed by atoms with van der Waals surface area (Å²) in [6.07, 6.45) is 3.17. The van der Waals surface area contributed by atoms with Crippen molar-refractivity contribution in [2.75, 3.05) is 32.1 Å². The first kappa shape index (κ1) is 17.3. The Labute approximate surface area is 137 Å². The Morgan fingerprint density at radius 1 is 1.35 bits per heavy atom. The number of likely N-dealkylation sites (tertiary alicyclic amines) is 1. The van der Waals surface area contributed by atoms with Crippen LogP contribution in [-0.4, -0.2) is 53.3 Å². The summed E-state index contributed by atoms with van der Waals surface area (Å²) < 4.78 is 10.5. The second kappa shape index (κ2) is 7.48. The Balaban J connectivity index is 1.75. The van der Waals surface area contributed by atoms with Gasteiger partial charge in [-0.3, -0.25) is 0 Å². The van der Waals surface area contributed by atoms with E-state index >= 15 is 0 Å². The van der Waals surface area contributed by atoms with Gasteiger partial charge in [-0.1, -0.05) is 0 Å². The Bertz CT molecular complexity index is 522. The minimum absolute atomic E-state index is 0.218. The highest BCUT2D eigenvalue weighted by Crippen LogP contribution is 2.20. The number of carbonyl (C=O) groups excluding carboxylic acids is 1. The van der Waals surface area contributed by atoms with Crippen molar-refractivity contribution in [3.05, 3.63) is 12.4 Å². The van der Waals surface area contributed by atoms with Crippen LogP contribution in [0.25, 0.3) is 0 Å². The van der Waals surface area contributed by atoms with Crippen molar-refractivity contribution in [1.82, 2.24) is 14.9 Å². The van der Waals surface area contributed by atoms with Gasteiger partial charge in [0.15, 0.2) is 0 Å². The van der Waals surface area contributed by atoms with Gasteiger partial charge in [-0.25, -0.2) is 14.8 Å². The maximum Gasteiger partial charge on any atom is 0.410 e. The maximum absolute atomic E-state index is 12.0. The molecule has 2 rings (SSSR count). The summed E-state index contributed by atoms with van der Waals surface area (Å²) in [6.45, 7) is 7.94. The van der Waals surface area contributed by atoms with Crippen LogP contribution in [0.3, 0.4) is 0 Å². The number of anilines is 1. The van der Waals surface area contributed by atoms with Gasteiger partial charge in [-0.2, -0.15) is 0 Å². The molecule has 0 atom stereocenters. The first-order chi connectivity index (χ1) is 10.9. The minimum Gasteiger partial charge on any atom is -0.481 e. The van der Waals surface area contributed by atoms with E-state index in [4.69, 9.17) is 9.47 Å². The van der Waals surface area contributed by atoms with Gasteiger partial charge in [0.05, 0.1) is 7.11 Å². The molecule has 7 heteroatoms. The quantitative estimate of drug-likeness (QED) is 0.918. The Morgan fingerprint density at radius 3 is 2.65 bits per heavy atom. The normalized spacial score (nSPS) is 16.1. The van der Waals surface area contributed by atoms with Gasteiger partial charge in [-0.05, 0) is 39.5 Å². The van der Waals surface area contributed by atoms with Crippen LogP contribution in [0.1, 0.15) is 33.6 Å². The van der Waals surface area contributed by atoms with Crippen molar-refractivity contribution in [1.29, 1.82) is 0 Å². The van der Waals surface area contributed by atoms with Crippen LogP contribution in [0, 0.1) is 5.92 Å². The molecule has 1 aliphatic heterocycles. The number of carbonyl (C=O) groups is 1. The molecule has 128 valence electrons. The summed E-state index contributed by atoms with van der Waals surface area (Å²) >= 11 is 0. The molecule has 0 aliphatic carbocycles. The van der Waals surface area contributed by atoms with Crippen LogP contribution >= 0.6 is 0 Å². The van der Waals surface area contributed by atoms with Crippen molar-refractivity contribution in [2.45, 2.75) is 39.2 Å². The van der Waals surface area contributed by atoms with E-state index in [0.29, 0.717) is 11.8 Å². The van der Waals surface area contributed by atoms with Gasteiger partial charge in [0.1, 0.15) is 17.7 Å². The zero-order valence-electron chi connectivity index (χ0n) is 14.3. The second-order valence-corrected chi connectivity index (χ2v) is 6.74. The number of aromatic nitrogens is 2. The smallest absolute Gasteiger partial charge is 0.410 e. The van der Waals surface area contributed by atoms with Crippen molar-refractivity contribution in [2.24, 2.45) is 5.92 Å². The fourth-order valence-corrected chi connectivity index (χ4v) is 2.44. The Morgan fingerprint density at radius 2 is 2.04 bits per heavy atom. The summed E-state index contributed by atoms with van der Waals surface area (Å²) in [5.74, 6) is 1.81. The summed E-state index contributed by atoms with van der Waals surface area (Å²) in [6, 6.07) is 1.77. The molecule has 0 radical (unpaired) electrons. The molecule has 1 amide bonds. The molecule has 0 aromatic carbocycles. The van der Waals surface area contributed by atoms with Crippen molar-refractivity contribution >= 4 is 11.9 Å². The molecule has 1 saturated heterocycles. The largest absolute Gasteiger partial charge is 0.481 e. The lowest BCUT2D eigenvalue weighted by Crippen LogP contribution is -2.42. The van der Waals surface area contributed by atoms with Crippen molar-refractivity contribution in [3.8, 4) is 5.88 Å². The number of methoxy groups -OCH3 is 1. The van der Waals surface area contributed by atoms with Gasteiger partial charge in [0, 0.05) is 25.7 Å². The lowest BCUT2D eigenvalue weighted by Gasteiger charge is -2.33.